The number of aromatic nitrogens is 1. The minimum Gasteiger partial charge on any atom is -0.302 e. The predicted molar refractivity (Wildman–Crippen MR) is 86.5 cm³/mol. The number of nitrogens with zero attached hydrogens (tertiary/aromatic N) is 2. The molecule has 0 aliphatic carbocycles. The number of nitrogens with one attached hydrogen (secondary N) is 1. The van der Waals surface area contributed by atoms with Gasteiger partial charge < -0.3 is 10.2 Å². The standard InChI is InChI=1S/C13H14BrN3OS2/c1-17-5-4-9-10(7-17)20-13(15-9)16-12(18)6-8-2-3-11(14)19-8/h2-3H,4-7H2,1H3,(H,15,16,18). The summed E-state index contributed by atoms with van der Waals surface area (Å²) in [5.74, 6) is -0.00111. The molecule has 2 aromatic rings. The highest BCUT2D eigenvalue weighted by atomic mass is 79.9. The van der Waals surface area contributed by atoms with Gasteiger partial charge >= 0.3 is 0 Å². The fourth-order valence-electron chi connectivity index (χ4n) is 2.15. The molecule has 0 saturated heterocycles. The van der Waals surface area contributed by atoms with Gasteiger partial charge in [0.05, 0.1) is 15.9 Å². The number of rotatable bonds is 3. The molecule has 2 aromatic heterocycles. The highest BCUT2D eigenvalue weighted by molar-refractivity contribution is 9.11. The summed E-state index contributed by atoms with van der Waals surface area (Å²) in [5, 5.41) is 3.64. The summed E-state index contributed by atoms with van der Waals surface area (Å²) in [5.41, 5.74) is 1.14. The Bertz CT molecular complexity index is 637. The largest absolute Gasteiger partial charge is 0.302 e. The van der Waals surface area contributed by atoms with Gasteiger partial charge in [-0.2, -0.15) is 0 Å². The molecule has 7 heteroatoms. The van der Waals surface area contributed by atoms with Gasteiger partial charge in [0.15, 0.2) is 5.13 Å². The smallest absolute Gasteiger partial charge is 0.231 e. The van der Waals surface area contributed by atoms with Crippen molar-refractivity contribution in [3.63, 3.8) is 0 Å². The summed E-state index contributed by atoms with van der Waals surface area (Å²) in [6.07, 6.45) is 1.37. The average molecular weight is 372 g/mol. The number of hydrogen-bond acceptors (Lipinski definition) is 5. The van der Waals surface area contributed by atoms with Gasteiger partial charge in [-0.3, -0.25) is 4.79 Å². The first-order valence-electron chi connectivity index (χ1n) is 6.31. The number of amides is 1. The van der Waals surface area contributed by atoms with E-state index in [0.717, 1.165) is 39.0 Å². The molecule has 0 bridgehead atoms. The number of halogens is 1. The van der Waals surface area contributed by atoms with Crippen LogP contribution in [-0.2, 0) is 24.2 Å². The van der Waals surface area contributed by atoms with Crippen molar-refractivity contribution in [2.45, 2.75) is 19.4 Å². The van der Waals surface area contributed by atoms with Crippen LogP contribution in [0.3, 0.4) is 0 Å². The highest BCUT2D eigenvalue weighted by Gasteiger charge is 2.19. The van der Waals surface area contributed by atoms with E-state index < -0.39 is 0 Å². The van der Waals surface area contributed by atoms with Crippen LogP contribution in [0.2, 0.25) is 0 Å². The topological polar surface area (TPSA) is 45.2 Å². The molecule has 1 amide bonds. The third kappa shape index (κ3) is 3.28. The maximum atomic E-state index is 12.0. The van der Waals surface area contributed by atoms with Gasteiger partial charge in [0.25, 0.3) is 0 Å². The summed E-state index contributed by atoms with van der Waals surface area (Å²) < 4.78 is 1.05. The highest BCUT2D eigenvalue weighted by Crippen LogP contribution is 2.28. The Morgan fingerprint density at radius 3 is 3.10 bits per heavy atom. The molecule has 0 radical (unpaired) electrons. The normalized spacial score (nSPS) is 15.1. The Hall–Kier alpha value is -0.760. The van der Waals surface area contributed by atoms with Gasteiger partial charge in [-0.1, -0.05) is 0 Å². The van der Waals surface area contributed by atoms with Crippen LogP contribution in [0.25, 0.3) is 0 Å². The third-order valence-corrected chi connectivity index (χ3v) is 5.75. The molecule has 0 saturated carbocycles. The molecule has 4 nitrogen and oxygen atoms in total. The van der Waals surface area contributed by atoms with Crippen molar-refractivity contribution < 1.29 is 4.79 Å². The van der Waals surface area contributed by atoms with Gasteiger partial charge in [0.2, 0.25) is 5.91 Å². The Kier molecular flexibility index (Phi) is 4.21. The van der Waals surface area contributed by atoms with Crippen LogP contribution < -0.4 is 5.32 Å². The molecule has 1 aliphatic heterocycles. The number of thiophene rings is 1. The molecule has 20 heavy (non-hydrogen) atoms. The van der Waals surface area contributed by atoms with Crippen molar-refractivity contribution in [3.05, 3.63) is 31.4 Å². The van der Waals surface area contributed by atoms with Gasteiger partial charge in [0.1, 0.15) is 0 Å². The lowest BCUT2D eigenvalue weighted by molar-refractivity contribution is -0.115. The van der Waals surface area contributed by atoms with Gasteiger partial charge in [-0.15, -0.1) is 22.7 Å². The molecule has 0 unspecified atom stereocenters. The number of thiazole rings is 1. The first-order valence-corrected chi connectivity index (χ1v) is 8.74. The quantitative estimate of drug-likeness (QED) is 0.901. The van der Waals surface area contributed by atoms with Gasteiger partial charge in [0, 0.05) is 29.3 Å². The van der Waals surface area contributed by atoms with Crippen molar-refractivity contribution in [1.82, 2.24) is 9.88 Å². The molecule has 3 heterocycles. The van der Waals surface area contributed by atoms with E-state index in [1.54, 1.807) is 22.7 Å². The molecule has 1 N–H and O–H groups in total. The van der Waals surface area contributed by atoms with Crippen LogP contribution in [0.4, 0.5) is 5.13 Å². The molecule has 106 valence electrons. The van der Waals surface area contributed by atoms with Gasteiger partial charge in [-0.25, -0.2) is 4.98 Å². The molecule has 0 aromatic carbocycles. The van der Waals surface area contributed by atoms with E-state index in [4.69, 9.17) is 0 Å². The molecule has 0 spiro atoms. The summed E-state index contributed by atoms with van der Waals surface area (Å²) in [6, 6.07) is 3.93. The molecular weight excluding hydrogens is 358 g/mol. The number of hydrogen-bond donors (Lipinski definition) is 1. The van der Waals surface area contributed by atoms with Crippen molar-refractivity contribution in [2.24, 2.45) is 0 Å². The fraction of sp³-hybridized carbons (Fsp3) is 0.385. The van der Waals surface area contributed by atoms with E-state index in [0.29, 0.717) is 6.42 Å². The van der Waals surface area contributed by atoms with E-state index in [2.05, 4.69) is 38.2 Å². The van der Waals surface area contributed by atoms with Crippen molar-refractivity contribution in [1.29, 1.82) is 0 Å². The van der Waals surface area contributed by atoms with Crippen LogP contribution in [-0.4, -0.2) is 29.4 Å². The van der Waals surface area contributed by atoms with Crippen LogP contribution in [0.1, 0.15) is 15.4 Å². The summed E-state index contributed by atoms with van der Waals surface area (Å²) in [4.78, 5) is 21.1. The zero-order valence-electron chi connectivity index (χ0n) is 11.0. The Balaban J connectivity index is 1.64. The Morgan fingerprint density at radius 2 is 2.35 bits per heavy atom. The number of anilines is 1. The zero-order valence-corrected chi connectivity index (χ0v) is 14.2. The summed E-state index contributed by atoms with van der Waals surface area (Å²) in [7, 11) is 2.11. The van der Waals surface area contributed by atoms with Crippen molar-refractivity contribution in [3.8, 4) is 0 Å². The molecule has 3 rings (SSSR count). The second kappa shape index (κ2) is 5.93. The van der Waals surface area contributed by atoms with Crippen LogP contribution in [0.15, 0.2) is 15.9 Å². The van der Waals surface area contributed by atoms with E-state index in [1.165, 1.54) is 4.88 Å². The number of likely N-dealkylation sites (N-methyl/N-ethyl adjacent to an activating group) is 1. The number of carbonyl (C=O) groups is 1. The first kappa shape index (κ1) is 14.2. The maximum Gasteiger partial charge on any atom is 0.231 e. The lowest BCUT2D eigenvalue weighted by atomic mass is 10.2. The second-order valence-electron chi connectivity index (χ2n) is 4.81. The Morgan fingerprint density at radius 1 is 1.50 bits per heavy atom. The SMILES string of the molecule is CN1CCc2nc(NC(=O)Cc3ccc(Br)s3)sc2C1. The Labute approximate surface area is 134 Å². The molecule has 0 atom stereocenters. The predicted octanol–water partition coefficient (Wildman–Crippen LogP) is 3.14. The number of fused-ring (bicyclic) bond motifs is 1. The molecule has 1 aliphatic rings. The van der Waals surface area contributed by atoms with Crippen LogP contribution in [0, 0.1) is 0 Å². The van der Waals surface area contributed by atoms with Crippen LogP contribution in [0.5, 0.6) is 0 Å². The molecular formula is C13H14BrN3OS2. The second-order valence-corrected chi connectivity index (χ2v) is 8.44. The average Bonchev–Trinajstić information content (AvgIpc) is 2.94. The minimum atomic E-state index is -0.00111. The monoisotopic (exact) mass is 371 g/mol. The van der Waals surface area contributed by atoms with Crippen molar-refractivity contribution in [2.75, 3.05) is 18.9 Å². The van der Waals surface area contributed by atoms with Gasteiger partial charge in [-0.05, 0) is 35.1 Å². The zero-order chi connectivity index (χ0) is 14.1. The lowest BCUT2D eigenvalue weighted by Crippen LogP contribution is -2.25. The maximum absolute atomic E-state index is 12.0. The van der Waals surface area contributed by atoms with Crippen molar-refractivity contribution >= 4 is 49.6 Å². The third-order valence-electron chi connectivity index (χ3n) is 3.13. The van der Waals surface area contributed by atoms with Crippen LogP contribution >= 0.6 is 38.6 Å². The number of carbonyl (C=O) groups excluding carboxylic acids is 1. The fourth-order valence-corrected chi connectivity index (χ4v) is 4.73. The lowest BCUT2D eigenvalue weighted by Gasteiger charge is -2.20. The van der Waals surface area contributed by atoms with E-state index >= 15 is 0 Å². The van der Waals surface area contributed by atoms with E-state index in [1.807, 2.05) is 12.1 Å². The van der Waals surface area contributed by atoms with E-state index in [9.17, 15) is 4.79 Å². The minimum absolute atomic E-state index is 0.00111. The van der Waals surface area contributed by atoms with E-state index in [-0.39, 0.29) is 5.91 Å². The summed E-state index contributed by atoms with van der Waals surface area (Å²) in [6.45, 7) is 1.97. The summed E-state index contributed by atoms with van der Waals surface area (Å²) >= 11 is 6.58. The first-order chi connectivity index (χ1) is 9.60. The molecule has 0 fully saturated rings.